The van der Waals surface area contributed by atoms with Crippen LogP contribution in [0.4, 0.5) is 0 Å². The number of thioether (sulfide) groups is 1. The summed E-state index contributed by atoms with van der Waals surface area (Å²) in [6.07, 6.45) is 0.809. The van der Waals surface area contributed by atoms with Crippen molar-refractivity contribution in [1.82, 2.24) is 10.3 Å². The molecule has 1 amide bonds. The van der Waals surface area contributed by atoms with Gasteiger partial charge in [0, 0.05) is 23.6 Å². The van der Waals surface area contributed by atoms with E-state index in [9.17, 15) is 4.79 Å². The molecule has 0 aliphatic carbocycles. The van der Waals surface area contributed by atoms with E-state index in [1.807, 2.05) is 18.7 Å². The van der Waals surface area contributed by atoms with Crippen molar-refractivity contribution in [2.24, 2.45) is 5.84 Å². The number of nitrogens with two attached hydrogens (primary N) is 1. The third kappa shape index (κ3) is 3.36. The van der Waals surface area contributed by atoms with E-state index < -0.39 is 0 Å². The maximum Gasteiger partial charge on any atom is 0.251 e. The summed E-state index contributed by atoms with van der Waals surface area (Å²) in [5.41, 5.74) is 2.25. The predicted octanol–water partition coefficient (Wildman–Crippen LogP) is 0.582. The highest BCUT2D eigenvalue weighted by molar-refractivity contribution is 8.00. The van der Waals surface area contributed by atoms with E-state index in [1.54, 1.807) is 0 Å². The Bertz CT molecular complexity index is 233. The van der Waals surface area contributed by atoms with Crippen molar-refractivity contribution in [2.75, 3.05) is 18.8 Å². The fourth-order valence-electron chi connectivity index (χ4n) is 2.02. The maximum atomic E-state index is 11.6. The lowest BCUT2D eigenvalue weighted by molar-refractivity contribution is -0.126. The Morgan fingerprint density at radius 3 is 2.80 bits per heavy atom. The molecular weight excluding hydrogens is 210 g/mol. The van der Waals surface area contributed by atoms with Crippen LogP contribution in [0.15, 0.2) is 0 Å². The second-order valence-electron chi connectivity index (χ2n) is 4.51. The van der Waals surface area contributed by atoms with Gasteiger partial charge < -0.3 is 0 Å². The average molecular weight is 231 g/mol. The van der Waals surface area contributed by atoms with Gasteiger partial charge in [0.2, 0.25) is 0 Å². The third-order valence-electron chi connectivity index (χ3n) is 2.73. The fourth-order valence-corrected chi connectivity index (χ4v) is 3.16. The average Bonchev–Trinajstić information content (AvgIpc) is 2.17. The van der Waals surface area contributed by atoms with Crippen molar-refractivity contribution in [3.63, 3.8) is 0 Å². The molecule has 1 unspecified atom stereocenters. The molecule has 1 fully saturated rings. The summed E-state index contributed by atoms with van der Waals surface area (Å²) in [7, 11) is 0. The monoisotopic (exact) mass is 231 g/mol. The number of nitrogens with one attached hydrogen (secondary N) is 1. The molecule has 5 heteroatoms. The topological polar surface area (TPSA) is 58.4 Å². The summed E-state index contributed by atoms with van der Waals surface area (Å²) >= 11 is 1.97. The molecule has 0 spiro atoms. The molecule has 1 rings (SSSR count). The number of nitrogens with zero attached hydrogens (tertiary/aromatic N) is 1. The molecular formula is C10H21N3OS. The number of hydrogen-bond acceptors (Lipinski definition) is 4. The molecule has 88 valence electrons. The zero-order chi connectivity index (χ0) is 11.5. The molecule has 3 N–H and O–H groups in total. The molecule has 4 nitrogen and oxygen atoms in total. The molecule has 1 aliphatic heterocycles. The van der Waals surface area contributed by atoms with Crippen molar-refractivity contribution < 1.29 is 4.79 Å². The lowest BCUT2D eigenvalue weighted by atomic mass is 10.1. The lowest BCUT2D eigenvalue weighted by Gasteiger charge is -2.40. The summed E-state index contributed by atoms with van der Waals surface area (Å²) in [4.78, 5) is 13.8. The molecule has 15 heavy (non-hydrogen) atoms. The van der Waals surface area contributed by atoms with E-state index in [0.717, 1.165) is 25.3 Å². The molecule has 0 bridgehead atoms. The van der Waals surface area contributed by atoms with Crippen LogP contribution in [0.2, 0.25) is 0 Å². The van der Waals surface area contributed by atoms with E-state index in [-0.39, 0.29) is 16.7 Å². The fraction of sp³-hybridized carbons (Fsp3) is 0.900. The minimum absolute atomic E-state index is 0.0693. The second-order valence-corrected chi connectivity index (χ2v) is 6.31. The van der Waals surface area contributed by atoms with Crippen LogP contribution in [-0.2, 0) is 4.79 Å². The zero-order valence-corrected chi connectivity index (χ0v) is 10.6. The van der Waals surface area contributed by atoms with Crippen LogP contribution in [0, 0.1) is 0 Å². The van der Waals surface area contributed by atoms with Gasteiger partial charge in [-0.05, 0) is 20.3 Å². The van der Waals surface area contributed by atoms with Gasteiger partial charge in [-0.2, -0.15) is 11.8 Å². The minimum Gasteiger partial charge on any atom is -0.293 e. The SMILES string of the molecule is CCC(C(=O)NN)N1CCSC(C)(C)C1. The Hall–Kier alpha value is -0.260. The summed E-state index contributed by atoms with van der Waals surface area (Å²) < 4.78 is 0.237. The van der Waals surface area contributed by atoms with Gasteiger partial charge in [0.05, 0.1) is 6.04 Å². The van der Waals surface area contributed by atoms with Crippen molar-refractivity contribution >= 4 is 17.7 Å². The summed E-state index contributed by atoms with van der Waals surface area (Å²) in [5.74, 6) is 6.21. The van der Waals surface area contributed by atoms with Crippen molar-refractivity contribution in [3.8, 4) is 0 Å². The normalized spacial score (nSPS) is 23.5. The second kappa shape index (κ2) is 5.18. The number of amides is 1. The van der Waals surface area contributed by atoms with Gasteiger partial charge in [-0.25, -0.2) is 5.84 Å². The van der Waals surface area contributed by atoms with Crippen LogP contribution in [0.1, 0.15) is 27.2 Å². The summed E-state index contributed by atoms with van der Waals surface area (Å²) in [6, 6.07) is -0.0739. The highest BCUT2D eigenvalue weighted by atomic mass is 32.2. The molecule has 0 aromatic heterocycles. The maximum absolute atomic E-state index is 11.6. The van der Waals surface area contributed by atoms with Crippen molar-refractivity contribution in [3.05, 3.63) is 0 Å². The Morgan fingerprint density at radius 2 is 2.33 bits per heavy atom. The largest absolute Gasteiger partial charge is 0.293 e. The Labute approximate surface area is 95.9 Å². The van der Waals surface area contributed by atoms with E-state index in [2.05, 4.69) is 24.2 Å². The highest BCUT2D eigenvalue weighted by Gasteiger charge is 2.33. The lowest BCUT2D eigenvalue weighted by Crippen LogP contribution is -2.54. The number of hydrogen-bond donors (Lipinski definition) is 2. The third-order valence-corrected chi connectivity index (χ3v) is 4.02. The van der Waals surface area contributed by atoms with Crippen LogP contribution in [-0.4, -0.2) is 40.4 Å². The standard InChI is InChI=1S/C10H21N3OS/c1-4-8(9(14)12-11)13-5-6-15-10(2,3)7-13/h8H,4-7,11H2,1-3H3,(H,12,14). The van der Waals surface area contributed by atoms with Crippen molar-refractivity contribution in [1.29, 1.82) is 0 Å². The Balaban J connectivity index is 2.64. The van der Waals surface area contributed by atoms with Crippen LogP contribution < -0.4 is 11.3 Å². The van der Waals surface area contributed by atoms with Gasteiger partial charge >= 0.3 is 0 Å². The quantitative estimate of drug-likeness (QED) is 0.424. The van der Waals surface area contributed by atoms with Crippen LogP contribution >= 0.6 is 11.8 Å². The molecule has 0 radical (unpaired) electrons. The van der Waals surface area contributed by atoms with Gasteiger partial charge in [0.1, 0.15) is 0 Å². The number of hydrazine groups is 1. The Morgan fingerprint density at radius 1 is 1.67 bits per heavy atom. The first kappa shape index (κ1) is 12.8. The van der Waals surface area contributed by atoms with E-state index in [4.69, 9.17) is 5.84 Å². The number of rotatable bonds is 3. The molecule has 1 heterocycles. The van der Waals surface area contributed by atoms with E-state index >= 15 is 0 Å². The molecule has 1 aliphatic rings. The van der Waals surface area contributed by atoms with Gasteiger partial charge in [0.15, 0.2) is 0 Å². The molecule has 1 saturated heterocycles. The molecule has 0 aromatic rings. The molecule has 0 saturated carbocycles. The summed E-state index contributed by atoms with van der Waals surface area (Å²) in [5, 5.41) is 0. The first-order valence-electron chi connectivity index (χ1n) is 5.38. The Kier molecular flexibility index (Phi) is 4.43. The van der Waals surface area contributed by atoms with Crippen LogP contribution in [0.25, 0.3) is 0 Å². The molecule has 1 atom stereocenters. The van der Waals surface area contributed by atoms with Gasteiger partial charge in [-0.3, -0.25) is 15.1 Å². The smallest absolute Gasteiger partial charge is 0.251 e. The van der Waals surface area contributed by atoms with Gasteiger partial charge in [-0.1, -0.05) is 6.92 Å². The molecule has 0 aromatic carbocycles. The number of carbonyl (C=O) groups is 1. The number of carbonyl (C=O) groups excluding carboxylic acids is 1. The van der Waals surface area contributed by atoms with Gasteiger partial charge in [-0.15, -0.1) is 0 Å². The predicted molar refractivity (Wildman–Crippen MR) is 64.5 cm³/mol. The van der Waals surface area contributed by atoms with Gasteiger partial charge in [0.25, 0.3) is 5.91 Å². The van der Waals surface area contributed by atoms with E-state index in [0.29, 0.717) is 0 Å². The van der Waals surface area contributed by atoms with Crippen LogP contribution in [0.5, 0.6) is 0 Å². The minimum atomic E-state index is -0.0739. The van der Waals surface area contributed by atoms with Crippen LogP contribution in [0.3, 0.4) is 0 Å². The highest BCUT2D eigenvalue weighted by Crippen LogP contribution is 2.30. The van der Waals surface area contributed by atoms with Crippen molar-refractivity contribution in [2.45, 2.75) is 38.0 Å². The summed E-state index contributed by atoms with van der Waals surface area (Å²) in [6.45, 7) is 8.38. The zero-order valence-electron chi connectivity index (χ0n) is 9.75. The first-order valence-corrected chi connectivity index (χ1v) is 6.37. The first-order chi connectivity index (χ1) is 7.00. The van der Waals surface area contributed by atoms with E-state index in [1.165, 1.54) is 0 Å².